The van der Waals surface area contributed by atoms with Crippen LogP contribution in [-0.2, 0) is 9.59 Å². The lowest BCUT2D eigenvalue weighted by atomic mass is 10.3. The molecular formula is C21H20Cl2N2O4. The first-order valence-corrected chi connectivity index (χ1v) is 10.1. The van der Waals surface area contributed by atoms with Gasteiger partial charge in [-0.25, -0.2) is 0 Å². The molecule has 1 aliphatic carbocycles. The van der Waals surface area contributed by atoms with Crippen molar-refractivity contribution in [3.8, 4) is 11.5 Å². The number of likely N-dealkylation sites (tertiary alicyclic amines) is 1. The van der Waals surface area contributed by atoms with Gasteiger partial charge in [-0.15, -0.1) is 0 Å². The highest BCUT2D eigenvalue weighted by molar-refractivity contribution is 6.30. The molecule has 8 heteroatoms. The van der Waals surface area contributed by atoms with Gasteiger partial charge in [-0.05, 0) is 48.5 Å². The number of halogens is 2. The molecule has 4 rings (SSSR count). The van der Waals surface area contributed by atoms with Crippen LogP contribution in [0.5, 0.6) is 11.5 Å². The minimum atomic E-state index is -0.164. The summed E-state index contributed by atoms with van der Waals surface area (Å²) in [4.78, 5) is 26.2. The summed E-state index contributed by atoms with van der Waals surface area (Å²) in [6.07, 6.45) is 0. The lowest BCUT2D eigenvalue weighted by Crippen LogP contribution is -2.40. The Balaban J connectivity index is 1.16. The number of ether oxygens (including phenoxy) is 2. The second kappa shape index (κ2) is 8.51. The van der Waals surface area contributed by atoms with Gasteiger partial charge in [0.1, 0.15) is 11.5 Å². The van der Waals surface area contributed by atoms with Gasteiger partial charge < -0.3 is 19.7 Å². The molecule has 2 amide bonds. The molecule has 1 N–H and O–H groups in total. The zero-order valence-electron chi connectivity index (χ0n) is 15.5. The summed E-state index contributed by atoms with van der Waals surface area (Å²) in [6.45, 7) is 1.22. The summed E-state index contributed by atoms with van der Waals surface area (Å²) in [7, 11) is 0. The summed E-state index contributed by atoms with van der Waals surface area (Å²) < 4.78 is 11.0. The largest absolute Gasteiger partial charge is 0.484 e. The van der Waals surface area contributed by atoms with Gasteiger partial charge in [0, 0.05) is 41.0 Å². The Labute approximate surface area is 178 Å². The molecule has 0 bridgehead atoms. The van der Waals surface area contributed by atoms with Crippen LogP contribution < -0.4 is 14.8 Å². The van der Waals surface area contributed by atoms with E-state index in [0.717, 1.165) is 0 Å². The summed E-state index contributed by atoms with van der Waals surface area (Å²) in [5.41, 5.74) is 0. The third-order valence-corrected chi connectivity index (χ3v) is 5.74. The predicted molar refractivity (Wildman–Crippen MR) is 109 cm³/mol. The highest BCUT2D eigenvalue weighted by atomic mass is 35.5. The molecule has 0 spiro atoms. The highest BCUT2D eigenvalue weighted by Crippen LogP contribution is 2.45. The van der Waals surface area contributed by atoms with Crippen molar-refractivity contribution >= 4 is 35.0 Å². The van der Waals surface area contributed by atoms with E-state index in [1.54, 1.807) is 53.4 Å². The first-order chi connectivity index (χ1) is 14.0. The zero-order chi connectivity index (χ0) is 20.4. The minimum absolute atomic E-state index is 0.00691. The van der Waals surface area contributed by atoms with Crippen molar-refractivity contribution in [2.45, 2.75) is 6.04 Å². The normalized spacial score (nSPS) is 22.0. The first kappa shape index (κ1) is 19.9. The van der Waals surface area contributed by atoms with Crippen LogP contribution in [-0.4, -0.2) is 49.1 Å². The molecule has 2 aromatic rings. The van der Waals surface area contributed by atoms with Gasteiger partial charge >= 0.3 is 0 Å². The highest BCUT2D eigenvalue weighted by Gasteiger charge is 2.57. The number of nitrogens with one attached hydrogen (secondary N) is 1. The fourth-order valence-electron chi connectivity index (χ4n) is 3.62. The van der Waals surface area contributed by atoms with Crippen LogP contribution in [0.3, 0.4) is 0 Å². The van der Waals surface area contributed by atoms with E-state index >= 15 is 0 Å². The quantitative estimate of drug-likeness (QED) is 0.726. The van der Waals surface area contributed by atoms with Crippen LogP contribution in [0.4, 0.5) is 0 Å². The number of rotatable bonds is 7. The second-order valence-electron chi connectivity index (χ2n) is 7.20. The lowest BCUT2D eigenvalue weighted by molar-refractivity contribution is -0.132. The Hall–Kier alpha value is -2.44. The van der Waals surface area contributed by atoms with Gasteiger partial charge in [-0.1, -0.05) is 23.2 Å². The van der Waals surface area contributed by atoms with Gasteiger partial charge in [0.25, 0.3) is 11.8 Å². The van der Waals surface area contributed by atoms with E-state index in [2.05, 4.69) is 5.32 Å². The van der Waals surface area contributed by atoms with Crippen LogP contribution in [0.25, 0.3) is 0 Å². The van der Waals surface area contributed by atoms with Crippen LogP contribution in [0.2, 0.25) is 10.0 Å². The Morgan fingerprint density at radius 2 is 1.34 bits per heavy atom. The van der Waals surface area contributed by atoms with Gasteiger partial charge in [0.15, 0.2) is 13.2 Å². The molecule has 3 atom stereocenters. The minimum Gasteiger partial charge on any atom is -0.484 e. The number of carbonyl (C=O) groups is 2. The van der Waals surface area contributed by atoms with E-state index in [1.807, 2.05) is 0 Å². The average Bonchev–Trinajstić information content (AvgIpc) is 3.14. The molecule has 2 fully saturated rings. The van der Waals surface area contributed by atoms with Crippen molar-refractivity contribution in [3.05, 3.63) is 58.6 Å². The molecule has 29 heavy (non-hydrogen) atoms. The average molecular weight is 435 g/mol. The lowest BCUT2D eigenvalue weighted by Gasteiger charge is -2.20. The Bertz CT molecular complexity index is 877. The Kier molecular flexibility index (Phi) is 5.83. The van der Waals surface area contributed by atoms with Crippen LogP contribution in [0.1, 0.15) is 0 Å². The van der Waals surface area contributed by atoms with E-state index in [0.29, 0.717) is 46.5 Å². The summed E-state index contributed by atoms with van der Waals surface area (Å²) in [5.74, 6) is 1.59. The zero-order valence-corrected chi connectivity index (χ0v) is 17.0. The fourth-order valence-corrected chi connectivity index (χ4v) is 3.87. The number of hydrogen-bond donors (Lipinski definition) is 1. The van der Waals surface area contributed by atoms with Crippen molar-refractivity contribution < 1.29 is 19.1 Å². The summed E-state index contributed by atoms with van der Waals surface area (Å²) >= 11 is 11.7. The molecule has 152 valence electrons. The van der Waals surface area contributed by atoms with E-state index in [1.165, 1.54) is 0 Å². The van der Waals surface area contributed by atoms with Crippen molar-refractivity contribution in [2.24, 2.45) is 11.8 Å². The SMILES string of the molecule is O=C(COc1ccc(Cl)cc1)N[C@@H]1[C@@H]2CN(C(=O)COc3ccc(Cl)cc3)C[C@@H]21. The number of carbonyl (C=O) groups excluding carboxylic acids is 2. The van der Waals surface area contributed by atoms with Crippen LogP contribution in [0.15, 0.2) is 48.5 Å². The van der Waals surface area contributed by atoms with Gasteiger partial charge in [-0.3, -0.25) is 9.59 Å². The van der Waals surface area contributed by atoms with E-state index in [-0.39, 0.29) is 31.1 Å². The molecule has 6 nitrogen and oxygen atoms in total. The van der Waals surface area contributed by atoms with Crippen LogP contribution >= 0.6 is 23.2 Å². The van der Waals surface area contributed by atoms with Crippen LogP contribution in [0, 0.1) is 11.8 Å². The molecular weight excluding hydrogens is 415 g/mol. The monoisotopic (exact) mass is 434 g/mol. The maximum absolute atomic E-state index is 12.3. The van der Waals surface area contributed by atoms with Crippen molar-refractivity contribution in [2.75, 3.05) is 26.3 Å². The Morgan fingerprint density at radius 1 is 0.862 bits per heavy atom. The number of fused-ring (bicyclic) bond motifs is 1. The molecule has 1 heterocycles. The molecule has 2 aromatic carbocycles. The van der Waals surface area contributed by atoms with Gasteiger partial charge in [-0.2, -0.15) is 0 Å². The second-order valence-corrected chi connectivity index (χ2v) is 8.08. The maximum Gasteiger partial charge on any atom is 0.260 e. The van der Waals surface area contributed by atoms with Gasteiger partial charge in [0.05, 0.1) is 0 Å². The molecule has 0 radical (unpaired) electrons. The molecule has 1 aliphatic heterocycles. The molecule has 0 aromatic heterocycles. The van der Waals surface area contributed by atoms with Crippen molar-refractivity contribution in [1.29, 1.82) is 0 Å². The predicted octanol–water partition coefficient (Wildman–Crippen LogP) is 3.02. The van der Waals surface area contributed by atoms with Gasteiger partial charge in [0.2, 0.25) is 0 Å². The number of hydrogen-bond acceptors (Lipinski definition) is 4. The smallest absolute Gasteiger partial charge is 0.260 e. The van der Waals surface area contributed by atoms with E-state index in [9.17, 15) is 9.59 Å². The summed E-state index contributed by atoms with van der Waals surface area (Å²) in [6, 6.07) is 13.9. The standard InChI is InChI=1S/C21H20Cl2N2O4/c22-13-1-5-15(6-2-13)28-11-19(26)24-21-17-9-25(10-18(17)21)20(27)12-29-16-7-3-14(23)4-8-16/h1-8,17-18,21H,9-12H2,(H,24,26)/t17-,18+,21-. The summed E-state index contributed by atoms with van der Waals surface area (Å²) in [5, 5.41) is 4.22. The van der Waals surface area contributed by atoms with Crippen molar-refractivity contribution in [1.82, 2.24) is 10.2 Å². The fraction of sp³-hybridized carbons (Fsp3) is 0.333. The maximum atomic E-state index is 12.3. The molecule has 2 aliphatic rings. The first-order valence-electron chi connectivity index (χ1n) is 9.33. The molecule has 0 unspecified atom stereocenters. The van der Waals surface area contributed by atoms with E-state index < -0.39 is 0 Å². The number of piperidine rings is 1. The molecule has 1 saturated carbocycles. The van der Waals surface area contributed by atoms with Crippen molar-refractivity contribution in [3.63, 3.8) is 0 Å². The number of benzene rings is 2. The number of nitrogens with zero attached hydrogens (tertiary/aromatic N) is 1. The number of amides is 2. The third-order valence-electron chi connectivity index (χ3n) is 5.23. The van der Waals surface area contributed by atoms with E-state index in [4.69, 9.17) is 32.7 Å². The molecule has 1 saturated heterocycles. The Morgan fingerprint density at radius 3 is 1.86 bits per heavy atom. The third kappa shape index (κ3) is 4.95. The topological polar surface area (TPSA) is 67.9 Å².